The van der Waals surface area contributed by atoms with Crippen LogP contribution in [0.15, 0.2) is 23.0 Å². The number of H-pyrrole nitrogens is 1. The molecule has 5 heteroatoms. The molecule has 0 bridgehead atoms. The van der Waals surface area contributed by atoms with E-state index in [2.05, 4.69) is 23.7 Å². The molecule has 0 atom stereocenters. The Hall–Kier alpha value is -1.62. The third-order valence-electron chi connectivity index (χ3n) is 4.08. The maximum atomic E-state index is 12.3. The monoisotopic (exact) mass is 277 g/mol. The Labute approximate surface area is 119 Å². The van der Waals surface area contributed by atoms with Gasteiger partial charge in [0.1, 0.15) is 5.69 Å². The first-order chi connectivity index (χ1) is 9.65. The zero-order valence-corrected chi connectivity index (χ0v) is 12.3. The number of hydrogen-bond acceptors (Lipinski definition) is 3. The summed E-state index contributed by atoms with van der Waals surface area (Å²) in [6.45, 7) is 7.99. The molecule has 2 heterocycles. The van der Waals surface area contributed by atoms with Crippen LogP contribution in [0, 0.1) is 0 Å². The molecule has 1 fully saturated rings. The molecule has 110 valence electrons. The van der Waals surface area contributed by atoms with Crippen molar-refractivity contribution in [3.63, 3.8) is 0 Å². The van der Waals surface area contributed by atoms with Crippen LogP contribution in [0.2, 0.25) is 0 Å². The van der Waals surface area contributed by atoms with Crippen molar-refractivity contribution in [1.29, 1.82) is 0 Å². The van der Waals surface area contributed by atoms with Gasteiger partial charge in [-0.3, -0.25) is 9.59 Å². The molecule has 20 heavy (non-hydrogen) atoms. The smallest absolute Gasteiger partial charge is 0.270 e. The van der Waals surface area contributed by atoms with Crippen molar-refractivity contribution in [1.82, 2.24) is 14.8 Å². The molecule has 1 aliphatic rings. The molecule has 0 unspecified atom stereocenters. The molecule has 2 rings (SSSR count). The number of aromatic amines is 1. The van der Waals surface area contributed by atoms with Crippen molar-refractivity contribution in [2.24, 2.45) is 0 Å². The molecular formula is C15H23N3O2. The molecule has 1 saturated heterocycles. The Bertz CT molecular complexity index is 500. The summed E-state index contributed by atoms with van der Waals surface area (Å²) in [6, 6.07) is 5.28. The molecule has 1 aliphatic heterocycles. The Morgan fingerprint density at radius 2 is 1.95 bits per heavy atom. The zero-order chi connectivity index (χ0) is 14.5. The number of hydrogen-bond donors (Lipinski definition) is 1. The van der Waals surface area contributed by atoms with Crippen LogP contribution < -0.4 is 5.56 Å². The lowest BCUT2D eigenvalue weighted by atomic mass is 10.0. The topological polar surface area (TPSA) is 56.4 Å². The molecule has 1 N–H and O–H groups in total. The highest BCUT2D eigenvalue weighted by molar-refractivity contribution is 5.92. The summed E-state index contributed by atoms with van der Waals surface area (Å²) in [5, 5.41) is 0. The van der Waals surface area contributed by atoms with Crippen LogP contribution in [-0.2, 0) is 0 Å². The largest absolute Gasteiger partial charge is 0.337 e. The van der Waals surface area contributed by atoms with Crippen LogP contribution in [0.3, 0.4) is 0 Å². The minimum atomic E-state index is -0.228. The molecule has 1 aromatic heterocycles. The molecule has 0 radical (unpaired) electrons. The van der Waals surface area contributed by atoms with Crippen molar-refractivity contribution in [2.45, 2.75) is 32.7 Å². The second kappa shape index (κ2) is 6.70. The van der Waals surface area contributed by atoms with Gasteiger partial charge in [0.15, 0.2) is 0 Å². The molecule has 0 saturated carbocycles. The van der Waals surface area contributed by atoms with E-state index in [-0.39, 0.29) is 11.5 Å². The number of rotatable bonds is 4. The number of likely N-dealkylation sites (tertiary alicyclic amines) is 1. The molecule has 0 spiro atoms. The fourth-order valence-corrected chi connectivity index (χ4v) is 2.92. The number of nitrogens with zero attached hydrogens (tertiary/aromatic N) is 2. The molecule has 0 aliphatic carbocycles. The van der Waals surface area contributed by atoms with Crippen LogP contribution in [-0.4, -0.2) is 52.9 Å². The standard InChI is InChI=1S/C15H23N3O2/c1-3-17(4-2)12-8-10-18(11-9-12)15(20)13-6-5-7-14(19)16-13/h5-7,12H,3-4,8-11H2,1-2H3,(H,16,19). The third kappa shape index (κ3) is 3.28. The number of pyridine rings is 1. The first-order valence-corrected chi connectivity index (χ1v) is 7.38. The summed E-state index contributed by atoms with van der Waals surface area (Å²) in [6.07, 6.45) is 2.01. The van der Waals surface area contributed by atoms with Crippen molar-refractivity contribution in [3.8, 4) is 0 Å². The first kappa shape index (κ1) is 14.8. The maximum Gasteiger partial charge on any atom is 0.270 e. The van der Waals surface area contributed by atoms with Crippen LogP contribution >= 0.6 is 0 Å². The van der Waals surface area contributed by atoms with Gasteiger partial charge in [-0.05, 0) is 32.0 Å². The van der Waals surface area contributed by atoms with E-state index in [1.165, 1.54) is 6.07 Å². The maximum absolute atomic E-state index is 12.3. The molecule has 5 nitrogen and oxygen atoms in total. The fourth-order valence-electron chi connectivity index (χ4n) is 2.92. The summed E-state index contributed by atoms with van der Waals surface area (Å²) in [4.78, 5) is 30.5. The first-order valence-electron chi connectivity index (χ1n) is 7.38. The molecule has 1 amide bonds. The normalized spacial score (nSPS) is 16.6. The van der Waals surface area contributed by atoms with Crippen LogP contribution in [0.25, 0.3) is 0 Å². The SMILES string of the molecule is CCN(CC)C1CCN(C(=O)c2cccc(=O)[nH]2)CC1. The quantitative estimate of drug-likeness (QED) is 0.903. The Morgan fingerprint density at radius 3 is 2.50 bits per heavy atom. The van der Waals surface area contributed by atoms with Crippen LogP contribution in [0.1, 0.15) is 37.2 Å². The lowest BCUT2D eigenvalue weighted by molar-refractivity contribution is 0.0625. The van der Waals surface area contributed by atoms with Gasteiger partial charge in [0.05, 0.1) is 0 Å². The van der Waals surface area contributed by atoms with Gasteiger partial charge in [-0.1, -0.05) is 19.9 Å². The summed E-state index contributed by atoms with van der Waals surface area (Å²) >= 11 is 0. The predicted molar refractivity (Wildman–Crippen MR) is 78.9 cm³/mol. The average Bonchev–Trinajstić information content (AvgIpc) is 2.48. The number of amides is 1. The second-order valence-corrected chi connectivity index (χ2v) is 5.17. The summed E-state index contributed by atoms with van der Waals surface area (Å²) in [5.41, 5.74) is 0.160. The van der Waals surface area contributed by atoms with Crippen LogP contribution in [0.4, 0.5) is 0 Å². The van der Waals surface area contributed by atoms with E-state index in [0.717, 1.165) is 39.0 Å². The number of aromatic nitrogens is 1. The van der Waals surface area contributed by atoms with Gasteiger partial charge in [0.25, 0.3) is 5.91 Å². The highest BCUT2D eigenvalue weighted by Gasteiger charge is 2.26. The van der Waals surface area contributed by atoms with Gasteiger partial charge in [0, 0.05) is 25.2 Å². The number of carbonyl (C=O) groups excluding carboxylic acids is 1. The van der Waals surface area contributed by atoms with E-state index in [9.17, 15) is 9.59 Å². The van der Waals surface area contributed by atoms with Gasteiger partial charge in [-0.2, -0.15) is 0 Å². The molecule has 1 aromatic rings. The van der Waals surface area contributed by atoms with E-state index in [0.29, 0.717) is 11.7 Å². The number of nitrogens with one attached hydrogen (secondary N) is 1. The van der Waals surface area contributed by atoms with Crippen molar-refractivity contribution < 1.29 is 4.79 Å². The second-order valence-electron chi connectivity index (χ2n) is 5.17. The Kier molecular flexibility index (Phi) is 4.95. The van der Waals surface area contributed by atoms with E-state index in [4.69, 9.17) is 0 Å². The lowest BCUT2D eigenvalue weighted by Crippen LogP contribution is -2.47. The molecule has 0 aromatic carbocycles. The summed E-state index contributed by atoms with van der Waals surface area (Å²) in [7, 11) is 0. The lowest BCUT2D eigenvalue weighted by Gasteiger charge is -2.37. The van der Waals surface area contributed by atoms with Crippen molar-refractivity contribution in [3.05, 3.63) is 34.2 Å². The zero-order valence-electron chi connectivity index (χ0n) is 12.3. The van der Waals surface area contributed by atoms with Crippen molar-refractivity contribution >= 4 is 5.91 Å². The number of carbonyl (C=O) groups is 1. The van der Waals surface area contributed by atoms with Gasteiger partial charge in [-0.25, -0.2) is 0 Å². The van der Waals surface area contributed by atoms with Gasteiger partial charge in [-0.15, -0.1) is 0 Å². The highest BCUT2D eigenvalue weighted by atomic mass is 16.2. The minimum Gasteiger partial charge on any atom is -0.337 e. The highest BCUT2D eigenvalue weighted by Crippen LogP contribution is 2.17. The van der Waals surface area contributed by atoms with Gasteiger partial charge < -0.3 is 14.8 Å². The van der Waals surface area contributed by atoms with E-state index in [1.807, 2.05) is 4.90 Å². The van der Waals surface area contributed by atoms with E-state index in [1.54, 1.807) is 12.1 Å². The van der Waals surface area contributed by atoms with E-state index < -0.39 is 0 Å². The molecular weight excluding hydrogens is 254 g/mol. The van der Waals surface area contributed by atoms with Gasteiger partial charge in [0.2, 0.25) is 5.56 Å². The third-order valence-corrected chi connectivity index (χ3v) is 4.08. The fraction of sp³-hybridized carbons (Fsp3) is 0.600. The van der Waals surface area contributed by atoms with Crippen molar-refractivity contribution in [2.75, 3.05) is 26.2 Å². The Morgan fingerprint density at radius 1 is 1.30 bits per heavy atom. The minimum absolute atomic E-state index is 0.0688. The van der Waals surface area contributed by atoms with Crippen LogP contribution in [0.5, 0.6) is 0 Å². The average molecular weight is 277 g/mol. The van der Waals surface area contributed by atoms with E-state index >= 15 is 0 Å². The number of piperidine rings is 1. The summed E-state index contributed by atoms with van der Waals surface area (Å²) in [5.74, 6) is -0.0688. The summed E-state index contributed by atoms with van der Waals surface area (Å²) < 4.78 is 0. The Balaban J connectivity index is 1.97. The predicted octanol–water partition coefficient (Wildman–Crippen LogP) is 1.32. The van der Waals surface area contributed by atoms with Gasteiger partial charge >= 0.3 is 0 Å².